The highest BCUT2D eigenvalue weighted by molar-refractivity contribution is 7.89. The van der Waals surface area contributed by atoms with Gasteiger partial charge in [0.15, 0.2) is 5.76 Å². The zero-order valence-electron chi connectivity index (χ0n) is 13.2. The topological polar surface area (TPSA) is 72.2 Å². The summed E-state index contributed by atoms with van der Waals surface area (Å²) in [5.74, 6) is 0.539. The van der Waals surface area contributed by atoms with Crippen molar-refractivity contribution in [2.45, 2.75) is 17.6 Å². The third kappa shape index (κ3) is 4.12. The molecule has 0 aliphatic carbocycles. The van der Waals surface area contributed by atoms with Crippen molar-refractivity contribution in [2.24, 2.45) is 0 Å². The first-order valence-electron chi connectivity index (χ1n) is 7.41. The third-order valence-electron chi connectivity index (χ3n) is 3.56. The highest BCUT2D eigenvalue weighted by atomic mass is 32.2. The molecule has 0 aliphatic rings. The van der Waals surface area contributed by atoms with Crippen LogP contribution in [0.1, 0.15) is 11.1 Å². The molecule has 136 valence electrons. The smallest absolute Gasteiger partial charge is 0.416 e. The lowest BCUT2D eigenvalue weighted by atomic mass is 10.2. The van der Waals surface area contributed by atoms with Crippen LogP contribution < -0.4 is 4.72 Å². The summed E-state index contributed by atoms with van der Waals surface area (Å²) in [5.41, 5.74) is 0.261. The van der Waals surface area contributed by atoms with E-state index in [-0.39, 0.29) is 11.4 Å². The van der Waals surface area contributed by atoms with Crippen LogP contribution >= 0.6 is 0 Å². The first kappa shape index (κ1) is 18.2. The molecule has 0 radical (unpaired) electrons. The number of alkyl halides is 3. The minimum Gasteiger partial charge on any atom is -0.463 e. The molecule has 0 unspecified atom stereocenters. The average Bonchev–Trinajstić information content (AvgIpc) is 3.14. The van der Waals surface area contributed by atoms with Crippen LogP contribution in [0.4, 0.5) is 13.2 Å². The van der Waals surface area contributed by atoms with E-state index in [1.165, 1.54) is 12.5 Å². The standard InChI is InChI=1S/C17H13F3N2O3S/c18-17(19,20)13-3-5-14(6-4-13)26(23,24)22-11-12-7-8-21-15(10-12)16-2-1-9-25-16/h1-10,22H,11H2. The number of pyridine rings is 1. The molecule has 3 rings (SSSR count). The van der Waals surface area contributed by atoms with E-state index < -0.39 is 21.8 Å². The molecule has 9 heteroatoms. The lowest BCUT2D eigenvalue weighted by Gasteiger charge is -2.10. The van der Waals surface area contributed by atoms with Crippen LogP contribution in [0.3, 0.4) is 0 Å². The molecule has 3 aromatic rings. The van der Waals surface area contributed by atoms with Gasteiger partial charge in [0.25, 0.3) is 0 Å². The molecule has 1 N–H and O–H groups in total. The van der Waals surface area contributed by atoms with Gasteiger partial charge in [-0.3, -0.25) is 4.98 Å². The van der Waals surface area contributed by atoms with Crippen molar-refractivity contribution >= 4 is 10.0 Å². The van der Waals surface area contributed by atoms with E-state index in [1.807, 2.05) is 0 Å². The summed E-state index contributed by atoms with van der Waals surface area (Å²) in [5, 5.41) is 0. The van der Waals surface area contributed by atoms with E-state index in [2.05, 4.69) is 9.71 Å². The number of rotatable bonds is 5. The maximum absolute atomic E-state index is 12.6. The van der Waals surface area contributed by atoms with Crippen LogP contribution in [-0.2, 0) is 22.7 Å². The molecule has 0 fully saturated rings. The van der Waals surface area contributed by atoms with Gasteiger partial charge in [-0.25, -0.2) is 13.1 Å². The fourth-order valence-electron chi connectivity index (χ4n) is 2.23. The van der Waals surface area contributed by atoms with E-state index >= 15 is 0 Å². The summed E-state index contributed by atoms with van der Waals surface area (Å²) >= 11 is 0. The molecule has 0 saturated carbocycles. The number of halogens is 3. The maximum atomic E-state index is 12.6. The Labute approximate surface area is 147 Å². The molecule has 2 heterocycles. The zero-order chi connectivity index (χ0) is 18.8. The minimum atomic E-state index is -4.52. The van der Waals surface area contributed by atoms with E-state index in [0.29, 0.717) is 17.0 Å². The van der Waals surface area contributed by atoms with Crippen molar-refractivity contribution in [3.63, 3.8) is 0 Å². The average molecular weight is 382 g/mol. The maximum Gasteiger partial charge on any atom is 0.416 e. The van der Waals surface area contributed by atoms with Crippen molar-refractivity contribution in [2.75, 3.05) is 0 Å². The largest absolute Gasteiger partial charge is 0.463 e. The fourth-order valence-corrected chi connectivity index (χ4v) is 3.25. The summed E-state index contributed by atoms with van der Waals surface area (Å²) in [6.07, 6.45) is -1.51. The van der Waals surface area contributed by atoms with Crippen LogP contribution in [-0.4, -0.2) is 13.4 Å². The molecular formula is C17H13F3N2O3S. The highest BCUT2D eigenvalue weighted by Gasteiger charge is 2.30. The van der Waals surface area contributed by atoms with Crippen LogP contribution in [0.2, 0.25) is 0 Å². The Morgan fingerprint density at radius 3 is 2.42 bits per heavy atom. The van der Waals surface area contributed by atoms with Crippen LogP contribution in [0, 0.1) is 0 Å². The van der Waals surface area contributed by atoms with Gasteiger partial charge in [-0.2, -0.15) is 13.2 Å². The Morgan fingerprint density at radius 2 is 1.81 bits per heavy atom. The second-order valence-corrected chi connectivity index (χ2v) is 7.14. The third-order valence-corrected chi connectivity index (χ3v) is 4.97. The summed E-state index contributed by atoms with van der Waals surface area (Å²) < 4.78 is 69.8. The first-order valence-corrected chi connectivity index (χ1v) is 8.90. The Bertz CT molecular complexity index is 983. The first-order chi connectivity index (χ1) is 12.3. The normalized spacial score (nSPS) is 12.3. The number of aromatic nitrogens is 1. The predicted octanol–water partition coefficient (Wildman–Crippen LogP) is 3.84. The number of nitrogens with one attached hydrogen (secondary N) is 1. The summed E-state index contributed by atoms with van der Waals surface area (Å²) in [6.45, 7) is -0.0421. The molecular weight excluding hydrogens is 369 g/mol. The number of furan rings is 1. The van der Waals surface area contributed by atoms with Gasteiger partial charge in [-0.15, -0.1) is 0 Å². The molecule has 0 spiro atoms. The van der Waals surface area contributed by atoms with Gasteiger partial charge in [0.1, 0.15) is 5.69 Å². The Hall–Kier alpha value is -2.65. The van der Waals surface area contributed by atoms with Gasteiger partial charge in [0.2, 0.25) is 10.0 Å². The van der Waals surface area contributed by atoms with Gasteiger partial charge in [0.05, 0.1) is 16.7 Å². The van der Waals surface area contributed by atoms with Crippen LogP contribution in [0.5, 0.6) is 0 Å². The van der Waals surface area contributed by atoms with Crippen molar-refractivity contribution < 1.29 is 26.0 Å². The summed E-state index contributed by atoms with van der Waals surface area (Å²) in [4.78, 5) is 3.90. The van der Waals surface area contributed by atoms with Crippen molar-refractivity contribution in [3.8, 4) is 11.5 Å². The molecule has 0 saturated heterocycles. The quantitative estimate of drug-likeness (QED) is 0.728. The van der Waals surface area contributed by atoms with Crippen molar-refractivity contribution in [3.05, 3.63) is 72.1 Å². The molecule has 1 aromatic carbocycles. The highest BCUT2D eigenvalue weighted by Crippen LogP contribution is 2.29. The number of hydrogen-bond donors (Lipinski definition) is 1. The monoisotopic (exact) mass is 382 g/mol. The summed E-state index contributed by atoms with van der Waals surface area (Å²) in [6, 6.07) is 10.0. The molecule has 0 bridgehead atoms. The minimum absolute atomic E-state index is 0.0421. The van der Waals surface area contributed by atoms with E-state index in [9.17, 15) is 21.6 Å². The number of benzene rings is 1. The van der Waals surface area contributed by atoms with Gasteiger partial charge >= 0.3 is 6.18 Å². The van der Waals surface area contributed by atoms with E-state index in [1.54, 1.807) is 24.3 Å². The Morgan fingerprint density at radius 1 is 1.08 bits per heavy atom. The number of hydrogen-bond acceptors (Lipinski definition) is 4. The van der Waals surface area contributed by atoms with Gasteiger partial charge in [-0.1, -0.05) is 0 Å². The number of sulfonamides is 1. The second-order valence-electron chi connectivity index (χ2n) is 5.37. The molecule has 0 atom stereocenters. The molecule has 0 aliphatic heterocycles. The fraction of sp³-hybridized carbons (Fsp3) is 0.118. The molecule has 5 nitrogen and oxygen atoms in total. The Balaban J connectivity index is 1.73. The zero-order valence-corrected chi connectivity index (χ0v) is 14.0. The molecule has 26 heavy (non-hydrogen) atoms. The van der Waals surface area contributed by atoms with Crippen molar-refractivity contribution in [1.29, 1.82) is 0 Å². The van der Waals surface area contributed by atoms with E-state index in [4.69, 9.17) is 4.42 Å². The van der Waals surface area contributed by atoms with Gasteiger partial charge < -0.3 is 4.42 Å². The van der Waals surface area contributed by atoms with Gasteiger partial charge in [0, 0.05) is 12.7 Å². The predicted molar refractivity (Wildman–Crippen MR) is 87.4 cm³/mol. The summed E-state index contributed by atoms with van der Waals surface area (Å²) in [7, 11) is -3.95. The molecule has 2 aromatic heterocycles. The Kier molecular flexibility index (Phi) is 4.84. The molecule has 0 amide bonds. The van der Waals surface area contributed by atoms with Gasteiger partial charge in [-0.05, 0) is 54.1 Å². The second kappa shape index (κ2) is 6.93. The lowest BCUT2D eigenvalue weighted by molar-refractivity contribution is -0.137. The lowest BCUT2D eigenvalue weighted by Crippen LogP contribution is -2.23. The number of nitrogens with zero attached hydrogens (tertiary/aromatic N) is 1. The van der Waals surface area contributed by atoms with Crippen LogP contribution in [0.15, 0.2) is 70.3 Å². The van der Waals surface area contributed by atoms with Crippen LogP contribution in [0.25, 0.3) is 11.5 Å². The van der Waals surface area contributed by atoms with E-state index in [0.717, 1.165) is 24.3 Å². The van der Waals surface area contributed by atoms with Crippen molar-refractivity contribution in [1.82, 2.24) is 9.71 Å². The SMILES string of the molecule is O=S(=O)(NCc1ccnc(-c2ccco2)c1)c1ccc(C(F)(F)F)cc1.